The molecule has 3 nitrogen and oxygen atoms in total. The lowest BCUT2D eigenvalue weighted by Crippen LogP contribution is -2.34. The SMILES string of the molecule is C[C@@H](N[C@H]1CCN(c2ccc(C(=O)Cl)cc2)C1)c1cccc2ccccc12. The van der Waals surface area contributed by atoms with Crippen LogP contribution in [0.2, 0.25) is 0 Å². The van der Waals surface area contributed by atoms with E-state index in [2.05, 4.69) is 59.6 Å². The second-order valence-electron chi connectivity index (χ2n) is 7.21. The van der Waals surface area contributed by atoms with E-state index in [1.54, 1.807) is 12.1 Å². The van der Waals surface area contributed by atoms with Crippen LogP contribution in [0.4, 0.5) is 5.69 Å². The summed E-state index contributed by atoms with van der Waals surface area (Å²) in [5, 5.41) is 5.99. The molecule has 138 valence electrons. The highest BCUT2D eigenvalue weighted by Crippen LogP contribution is 2.27. The molecule has 0 spiro atoms. The van der Waals surface area contributed by atoms with Crippen LogP contribution >= 0.6 is 11.6 Å². The van der Waals surface area contributed by atoms with Gasteiger partial charge in [-0.3, -0.25) is 4.79 Å². The summed E-state index contributed by atoms with van der Waals surface area (Å²) in [5.41, 5.74) is 3.02. The van der Waals surface area contributed by atoms with Gasteiger partial charge in [-0.15, -0.1) is 0 Å². The summed E-state index contributed by atoms with van der Waals surface area (Å²) in [4.78, 5) is 13.6. The van der Waals surface area contributed by atoms with Crippen molar-refractivity contribution >= 4 is 33.3 Å². The van der Waals surface area contributed by atoms with Gasteiger partial charge in [0.2, 0.25) is 0 Å². The molecular formula is C23H23ClN2O. The molecule has 1 saturated heterocycles. The highest BCUT2D eigenvalue weighted by Gasteiger charge is 2.24. The Morgan fingerprint density at radius 3 is 2.59 bits per heavy atom. The number of nitrogens with zero attached hydrogens (tertiary/aromatic N) is 1. The highest BCUT2D eigenvalue weighted by molar-refractivity contribution is 6.67. The Hall–Kier alpha value is -2.36. The predicted molar refractivity (Wildman–Crippen MR) is 113 cm³/mol. The molecule has 1 aliphatic heterocycles. The average Bonchev–Trinajstić information content (AvgIpc) is 3.16. The maximum atomic E-state index is 11.2. The van der Waals surface area contributed by atoms with Gasteiger partial charge in [-0.05, 0) is 65.5 Å². The van der Waals surface area contributed by atoms with Gasteiger partial charge < -0.3 is 10.2 Å². The molecule has 0 aromatic heterocycles. The third kappa shape index (κ3) is 3.85. The molecule has 0 aliphatic carbocycles. The van der Waals surface area contributed by atoms with Crippen LogP contribution in [-0.4, -0.2) is 24.4 Å². The van der Waals surface area contributed by atoms with Gasteiger partial charge in [-0.25, -0.2) is 0 Å². The molecule has 0 saturated carbocycles. The van der Waals surface area contributed by atoms with Gasteiger partial charge in [-0.1, -0.05) is 42.5 Å². The van der Waals surface area contributed by atoms with Gasteiger partial charge in [0.1, 0.15) is 0 Å². The number of halogens is 1. The Balaban J connectivity index is 1.44. The molecule has 27 heavy (non-hydrogen) atoms. The Morgan fingerprint density at radius 1 is 1.07 bits per heavy atom. The molecule has 0 radical (unpaired) electrons. The van der Waals surface area contributed by atoms with Crippen molar-refractivity contribution in [2.75, 3.05) is 18.0 Å². The van der Waals surface area contributed by atoms with Crippen LogP contribution in [0.1, 0.15) is 35.3 Å². The standard InChI is InChI=1S/C23H23ClN2O/c1-16(21-8-4-6-17-5-2-3-7-22(17)21)25-19-13-14-26(15-19)20-11-9-18(10-12-20)23(24)27/h2-12,16,19,25H,13-15H2,1H3/t16-,19+/m1/s1. The number of anilines is 1. The van der Waals surface area contributed by atoms with Crippen molar-refractivity contribution in [3.8, 4) is 0 Å². The summed E-state index contributed by atoms with van der Waals surface area (Å²) in [6, 6.07) is 23.3. The monoisotopic (exact) mass is 378 g/mol. The number of carbonyl (C=O) groups excluding carboxylic acids is 1. The van der Waals surface area contributed by atoms with Gasteiger partial charge in [-0.2, -0.15) is 0 Å². The van der Waals surface area contributed by atoms with E-state index in [0.29, 0.717) is 11.6 Å². The molecule has 0 amide bonds. The minimum Gasteiger partial charge on any atom is -0.370 e. The topological polar surface area (TPSA) is 32.3 Å². The van der Waals surface area contributed by atoms with Gasteiger partial charge in [0, 0.05) is 36.4 Å². The maximum Gasteiger partial charge on any atom is 0.252 e. The molecular weight excluding hydrogens is 356 g/mol. The van der Waals surface area contributed by atoms with Crippen LogP contribution in [0.25, 0.3) is 10.8 Å². The van der Waals surface area contributed by atoms with Crippen LogP contribution in [0, 0.1) is 0 Å². The zero-order chi connectivity index (χ0) is 18.8. The maximum absolute atomic E-state index is 11.2. The minimum absolute atomic E-state index is 0.289. The minimum atomic E-state index is -0.411. The fourth-order valence-electron chi connectivity index (χ4n) is 4.01. The summed E-state index contributed by atoms with van der Waals surface area (Å²) < 4.78 is 0. The Kier molecular flexibility index (Phi) is 5.15. The lowest BCUT2D eigenvalue weighted by atomic mass is 9.99. The van der Waals surface area contributed by atoms with Crippen LogP contribution in [0.3, 0.4) is 0 Å². The molecule has 4 rings (SSSR count). The van der Waals surface area contributed by atoms with E-state index in [9.17, 15) is 4.79 Å². The largest absolute Gasteiger partial charge is 0.370 e. The Bertz CT molecular complexity index is 949. The van der Waals surface area contributed by atoms with Crippen LogP contribution in [0.5, 0.6) is 0 Å². The summed E-state index contributed by atoms with van der Waals surface area (Å²) in [5.74, 6) is 0. The van der Waals surface area contributed by atoms with Gasteiger partial charge >= 0.3 is 0 Å². The normalized spacial score (nSPS) is 18.0. The van der Waals surface area contributed by atoms with Crippen molar-refractivity contribution in [1.29, 1.82) is 0 Å². The van der Waals surface area contributed by atoms with Crippen molar-refractivity contribution in [2.45, 2.75) is 25.4 Å². The van der Waals surface area contributed by atoms with Crippen LogP contribution in [-0.2, 0) is 0 Å². The average molecular weight is 379 g/mol. The smallest absolute Gasteiger partial charge is 0.252 e. The second kappa shape index (κ2) is 7.71. The molecule has 0 unspecified atom stereocenters. The quantitative estimate of drug-likeness (QED) is 0.623. The van der Waals surface area contributed by atoms with Crippen molar-refractivity contribution in [3.63, 3.8) is 0 Å². The zero-order valence-electron chi connectivity index (χ0n) is 15.4. The van der Waals surface area contributed by atoms with Crippen molar-refractivity contribution in [1.82, 2.24) is 5.32 Å². The molecule has 3 aromatic carbocycles. The molecule has 1 N–H and O–H groups in total. The summed E-state index contributed by atoms with van der Waals surface area (Å²) >= 11 is 5.53. The lowest BCUT2D eigenvalue weighted by molar-refractivity contribution is 0.108. The molecule has 1 heterocycles. The van der Waals surface area contributed by atoms with Crippen molar-refractivity contribution in [2.24, 2.45) is 0 Å². The number of benzene rings is 3. The van der Waals surface area contributed by atoms with Gasteiger partial charge in [0.05, 0.1) is 0 Å². The molecule has 2 atom stereocenters. The number of carbonyl (C=O) groups is 1. The highest BCUT2D eigenvalue weighted by atomic mass is 35.5. The third-order valence-corrected chi connectivity index (χ3v) is 5.64. The fraction of sp³-hybridized carbons (Fsp3) is 0.261. The molecule has 4 heteroatoms. The van der Waals surface area contributed by atoms with Gasteiger partial charge in [0.15, 0.2) is 0 Å². The number of hydrogen-bond acceptors (Lipinski definition) is 3. The van der Waals surface area contributed by atoms with E-state index in [0.717, 1.165) is 25.2 Å². The Morgan fingerprint density at radius 2 is 1.81 bits per heavy atom. The predicted octanol–water partition coefficient (Wildman–Crippen LogP) is 5.15. The molecule has 1 fully saturated rings. The third-order valence-electron chi connectivity index (χ3n) is 5.42. The van der Waals surface area contributed by atoms with Crippen LogP contribution < -0.4 is 10.2 Å². The van der Waals surface area contributed by atoms with E-state index < -0.39 is 5.24 Å². The molecule has 0 bridgehead atoms. The second-order valence-corrected chi connectivity index (χ2v) is 7.55. The lowest BCUT2D eigenvalue weighted by Gasteiger charge is -2.23. The summed E-state index contributed by atoms with van der Waals surface area (Å²) in [7, 11) is 0. The molecule has 1 aliphatic rings. The summed E-state index contributed by atoms with van der Waals surface area (Å²) in [6.07, 6.45) is 1.10. The summed E-state index contributed by atoms with van der Waals surface area (Å²) in [6.45, 7) is 4.21. The first-order valence-electron chi connectivity index (χ1n) is 9.40. The number of hydrogen-bond donors (Lipinski definition) is 1. The van der Waals surface area contributed by atoms with E-state index in [1.807, 2.05) is 12.1 Å². The first-order chi connectivity index (χ1) is 13.1. The first kappa shape index (κ1) is 18.0. The number of nitrogens with one attached hydrogen (secondary N) is 1. The van der Waals surface area contributed by atoms with Crippen molar-refractivity contribution in [3.05, 3.63) is 77.9 Å². The van der Waals surface area contributed by atoms with E-state index in [1.165, 1.54) is 16.3 Å². The molecule has 3 aromatic rings. The Labute approximate surface area is 164 Å². The van der Waals surface area contributed by atoms with E-state index in [4.69, 9.17) is 11.6 Å². The van der Waals surface area contributed by atoms with E-state index >= 15 is 0 Å². The van der Waals surface area contributed by atoms with E-state index in [-0.39, 0.29) is 6.04 Å². The first-order valence-corrected chi connectivity index (χ1v) is 9.78. The number of rotatable bonds is 5. The zero-order valence-corrected chi connectivity index (χ0v) is 16.1. The fourth-order valence-corrected chi connectivity index (χ4v) is 4.13. The van der Waals surface area contributed by atoms with Crippen LogP contribution in [0.15, 0.2) is 66.7 Å². The number of fused-ring (bicyclic) bond motifs is 1. The van der Waals surface area contributed by atoms with Crippen molar-refractivity contribution < 1.29 is 4.79 Å². The van der Waals surface area contributed by atoms with Gasteiger partial charge in [0.25, 0.3) is 5.24 Å².